The van der Waals surface area contributed by atoms with Gasteiger partial charge >= 0.3 is 0 Å². The molecule has 1 aliphatic heterocycles. The average Bonchev–Trinajstić information content (AvgIpc) is 2.89. The zero-order chi connectivity index (χ0) is 11.1. The Morgan fingerprint density at radius 1 is 1.00 bits per heavy atom. The third-order valence-corrected chi connectivity index (χ3v) is 2.39. The molecule has 1 aromatic carbocycles. The van der Waals surface area contributed by atoms with Gasteiger partial charge in [0.2, 0.25) is 0 Å². The fourth-order valence-corrected chi connectivity index (χ4v) is 1.67. The Kier molecular flexibility index (Phi) is 1.64. The van der Waals surface area contributed by atoms with Gasteiger partial charge in [-0.2, -0.15) is 5.01 Å². The maximum atomic E-state index is 11.9. The third kappa shape index (κ3) is 1.01. The van der Waals surface area contributed by atoms with Gasteiger partial charge in [0.25, 0.3) is 11.8 Å². The summed E-state index contributed by atoms with van der Waals surface area (Å²) in [5, 5.41) is 8.15. The lowest BCUT2D eigenvalue weighted by Crippen LogP contribution is -2.40. The van der Waals surface area contributed by atoms with E-state index in [1.165, 1.54) is 12.4 Å². The van der Waals surface area contributed by atoms with Crippen LogP contribution in [0.1, 0.15) is 20.7 Å². The highest BCUT2D eigenvalue weighted by Crippen LogP contribution is 2.20. The van der Waals surface area contributed by atoms with E-state index in [9.17, 15) is 9.59 Å². The van der Waals surface area contributed by atoms with Crippen LogP contribution < -0.4 is 5.01 Å². The second kappa shape index (κ2) is 2.99. The van der Waals surface area contributed by atoms with Gasteiger partial charge in [-0.3, -0.25) is 9.59 Å². The summed E-state index contributed by atoms with van der Waals surface area (Å²) >= 11 is 0. The first-order chi connectivity index (χ1) is 7.79. The number of imide groups is 1. The highest BCUT2D eigenvalue weighted by atomic mass is 16.2. The van der Waals surface area contributed by atoms with E-state index < -0.39 is 0 Å². The topological polar surface area (TPSA) is 68.1 Å². The van der Waals surface area contributed by atoms with E-state index >= 15 is 0 Å². The molecule has 0 fully saturated rings. The minimum absolute atomic E-state index is 0.383. The zero-order valence-electron chi connectivity index (χ0n) is 8.07. The van der Waals surface area contributed by atoms with Gasteiger partial charge in [0.05, 0.1) is 23.5 Å². The number of hydrogen-bond donors (Lipinski definition) is 0. The lowest BCUT2D eigenvalue weighted by atomic mass is 10.1. The molecule has 6 heteroatoms. The molecule has 2 heterocycles. The SMILES string of the molecule is O=C1c2ccccc2C(=O)N1n1ccnn1. The number of carbonyl (C=O) groups is 2. The fourth-order valence-electron chi connectivity index (χ4n) is 1.67. The molecule has 2 amide bonds. The molecule has 0 N–H and O–H groups in total. The molecule has 2 aromatic rings. The number of fused-ring (bicyclic) bond motifs is 1. The Hall–Kier alpha value is -2.50. The van der Waals surface area contributed by atoms with Crippen molar-refractivity contribution < 1.29 is 9.59 Å². The van der Waals surface area contributed by atoms with Gasteiger partial charge in [-0.05, 0) is 17.3 Å². The molecule has 1 aliphatic rings. The molecule has 0 saturated heterocycles. The molecule has 0 radical (unpaired) electrons. The zero-order valence-corrected chi connectivity index (χ0v) is 8.07. The predicted molar refractivity (Wildman–Crippen MR) is 53.3 cm³/mol. The largest absolute Gasteiger partial charge is 0.282 e. The van der Waals surface area contributed by atoms with Crippen LogP contribution >= 0.6 is 0 Å². The summed E-state index contributed by atoms with van der Waals surface area (Å²) in [4.78, 5) is 25.0. The van der Waals surface area contributed by atoms with Crippen molar-refractivity contribution in [3.8, 4) is 0 Å². The van der Waals surface area contributed by atoms with E-state index in [1.54, 1.807) is 24.3 Å². The number of hydrogen-bond acceptors (Lipinski definition) is 4. The molecule has 16 heavy (non-hydrogen) atoms. The van der Waals surface area contributed by atoms with Crippen LogP contribution in [0.3, 0.4) is 0 Å². The molecule has 0 aliphatic carbocycles. The van der Waals surface area contributed by atoms with Crippen molar-refractivity contribution in [2.24, 2.45) is 0 Å². The first-order valence-corrected chi connectivity index (χ1v) is 4.63. The minimum Gasteiger partial charge on any atom is -0.267 e. The first kappa shape index (κ1) is 8.78. The van der Waals surface area contributed by atoms with Crippen LogP contribution in [-0.2, 0) is 0 Å². The second-order valence-electron chi connectivity index (χ2n) is 3.29. The predicted octanol–water partition coefficient (Wildman–Crippen LogP) is 0.210. The van der Waals surface area contributed by atoms with Crippen molar-refractivity contribution in [2.75, 3.05) is 5.01 Å². The van der Waals surface area contributed by atoms with Crippen molar-refractivity contribution in [1.82, 2.24) is 15.1 Å². The monoisotopic (exact) mass is 214 g/mol. The van der Waals surface area contributed by atoms with Gasteiger partial charge in [0.15, 0.2) is 0 Å². The molecule has 0 spiro atoms. The Morgan fingerprint density at radius 2 is 1.62 bits per heavy atom. The molecular formula is C10H6N4O2. The van der Waals surface area contributed by atoms with E-state index in [1.807, 2.05) is 0 Å². The highest BCUT2D eigenvalue weighted by Gasteiger charge is 2.37. The number of aromatic nitrogens is 3. The van der Waals surface area contributed by atoms with Crippen molar-refractivity contribution in [3.05, 3.63) is 47.8 Å². The van der Waals surface area contributed by atoms with Crippen LogP contribution in [0.2, 0.25) is 0 Å². The van der Waals surface area contributed by atoms with Crippen LogP contribution in [-0.4, -0.2) is 26.9 Å². The Labute approximate surface area is 90.1 Å². The number of nitrogens with zero attached hydrogens (tertiary/aromatic N) is 4. The standard InChI is InChI=1S/C10H6N4O2/c15-9-7-3-1-2-4-8(7)10(16)14(9)13-6-5-11-12-13/h1-6H. The van der Waals surface area contributed by atoms with Gasteiger partial charge in [-0.25, -0.2) is 0 Å². The normalized spacial score (nSPS) is 14.4. The number of benzene rings is 1. The van der Waals surface area contributed by atoms with Crippen LogP contribution in [0.15, 0.2) is 36.7 Å². The van der Waals surface area contributed by atoms with Gasteiger partial charge in [-0.1, -0.05) is 12.1 Å². The molecule has 3 rings (SSSR count). The molecule has 0 unspecified atom stereocenters. The molecule has 6 nitrogen and oxygen atoms in total. The summed E-state index contributed by atoms with van der Waals surface area (Å²) in [5.41, 5.74) is 0.783. The third-order valence-electron chi connectivity index (χ3n) is 2.39. The van der Waals surface area contributed by atoms with Crippen molar-refractivity contribution in [3.63, 3.8) is 0 Å². The Morgan fingerprint density at radius 3 is 2.12 bits per heavy atom. The summed E-state index contributed by atoms with van der Waals surface area (Å²) in [6, 6.07) is 6.67. The summed E-state index contributed by atoms with van der Waals surface area (Å²) < 4.78 is 0. The van der Waals surface area contributed by atoms with Crippen LogP contribution in [0.25, 0.3) is 0 Å². The highest BCUT2D eigenvalue weighted by molar-refractivity contribution is 6.30. The minimum atomic E-state index is -0.383. The lowest BCUT2D eigenvalue weighted by Gasteiger charge is -2.11. The smallest absolute Gasteiger partial charge is 0.267 e. The van der Waals surface area contributed by atoms with E-state index in [2.05, 4.69) is 10.3 Å². The number of carbonyl (C=O) groups excluding carboxylic acids is 2. The lowest BCUT2D eigenvalue weighted by molar-refractivity contribution is 0.0878. The van der Waals surface area contributed by atoms with Crippen molar-refractivity contribution in [2.45, 2.75) is 0 Å². The Balaban J connectivity index is 2.15. The molecule has 1 aromatic heterocycles. The maximum Gasteiger partial charge on any atom is 0.282 e. The van der Waals surface area contributed by atoms with Crippen LogP contribution in [0.4, 0.5) is 0 Å². The van der Waals surface area contributed by atoms with Gasteiger partial charge in [0, 0.05) is 0 Å². The maximum absolute atomic E-state index is 11.9. The van der Waals surface area contributed by atoms with Crippen molar-refractivity contribution >= 4 is 11.8 Å². The quantitative estimate of drug-likeness (QED) is 0.636. The van der Waals surface area contributed by atoms with Gasteiger partial charge < -0.3 is 0 Å². The molecule has 78 valence electrons. The summed E-state index contributed by atoms with van der Waals surface area (Å²) in [5.74, 6) is -0.766. The second-order valence-corrected chi connectivity index (χ2v) is 3.29. The average molecular weight is 214 g/mol. The fraction of sp³-hybridized carbons (Fsp3) is 0. The van der Waals surface area contributed by atoms with Gasteiger partial charge in [-0.15, -0.1) is 9.89 Å². The van der Waals surface area contributed by atoms with E-state index in [0.29, 0.717) is 11.1 Å². The molecular weight excluding hydrogens is 208 g/mol. The molecule has 0 saturated carbocycles. The summed E-state index contributed by atoms with van der Waals surface area (Å²) in [7, 11) is 0. The van der Waals surface area contributed by atoms with E-state index in [0.717, 1.165) is 9.80 Å². The summed E-state index contributed by atoms with van der Waals surface area (Å²) in [6.45, 7) is 0. The number of rotatable bonds is 1. The molecule has 0 atom stereocenters. The van der Waals surface area contributed by atoms with E-state index in [-0.39, 0.29) is 11.8 Å². The first-order valence-electron chi connectivity index (χ1n) is 4.63. The molecule has 0 bridgehead atoms. The van der Waals surface area contributed by atoms with E-state index in [4.69, 9.17) is 0 Å². The van der Waals surface area contributed by atoms with Crippen LogP contribution in [0.5, 0.6) is 0 Å². The van der Waals surface area contributed by atoms with Gasteiger partial charge in [0.1, 0.15) is 0 Å². The number of amides is 2. The summed E-state index contributed by atoms with van der Waals surface area (Å²) in [6.07, 6.45) is 2.85. The van der Waals surface area contributed by atoms with Crippen LogP contribution in [0, 0.1) is 0 Å². The van der Waals surface area contributed by atoms with Crippen molar-refractivity contribution in [1.29, 1.82) is 0 Å². The Bertz CT molecular complexity index is 541.